The fourth-order valence-electron chi connectivity index (χ4n) is 3.21. The minimum atomic E-state index is -0.700. The van der Waals surface area contributed by atoms with Gasteiger partial charge in [-0.1, -0.05) is 12.5 Å². The Hall–Kier alpha value is -1.36. The third-order valence-corrected chi connectivity index (χ3v) is 4.48. The highest BCUT2D eigenvalue weighted by atomic mass is 16.4. The standard InChI is InChI=1S/C15H24N2O3/c1-17(12-6-2-3-7-12)14(18)10-16-9-11-5-4-8-13(11)15(19)20/h6,11,13,16H,2-5,7-10H2,1H3,(H,19,20). The van der Waals surface area contributed by atoms with Crippen molar-refractivity contribution in [2.45, 2.75) is 38.5 Å². The van der Waals surface area contributed by atoms with Crippen LogP contribution in [0, 0.1) is 11.8 Å². The molecule has 2 N–H and O–H groups in total. The summed E-state index contributed by atoms with van der Waals surface area (Å²) in [6.07, 6.45) is 7.97. The molecule has 1 fully saturated rings. The molecule has 0 aromatic rings. The zero-order valence-corrected chi connectivity index (χ0v) is 12.1. The molecule has 0 heterocycles. The summed E-state index contributed by atoms with van der Waals surface area (Å²) in [6, 6.07) is 0. The van der Waals surface area contributed by atoms with Crippen molar-refractivity contribution in [3.05, 3.63) is 11.8 Å². The monoisotopic (exact) mass is 280 g/mol. The van der Waals surface area contributed by atoms with Gasteiger partial charge in [0.15, 0.2) is 0 Å². The lowest BCUT2D eigenvalue weighted by molar-refractivity contribution is -0.142. The first-order chi connectivity index (χ1) is 9.59. The van der Waals surface area contributed by atoms with Crippen LogP contribution in [0.25, 0.3) is 0 Å². The topological polar surface area (TPSA) is 69.6 Å². The molecule has 0 radical (unpaired) electrons. The van der Waals surface area contributed by atoms with Gasteiger partial charge in [0.2, 0.25) is 5.91 Å². The number of allylic oxidation sites excluding steroid dienone is 2. The van der Waals surface area contributed by atoms with Crippen LogP contribution in [0.5, 0.6) is 0 Å². The Morgan fingerprint density at radius 3 is 2.85 bits per heavy atom. The van der Waals surface area contributed by atoms with Crippen molar-refractivity contribution in [3.8, 4) is 0 Å². The average molecular weight is 280 g/mol. The van der Waals surface area contributed by atoms with Gasteiger partial charge in [-0.15, -0.1) is 0 Å². The maximum Gasteiger partial charge on any atom is 0.306 e. The summed E-state index contributed by atoms with van der Waals surface area (Å²) in [5.41, 5.74) is 1.11. The summed E-state index contributed by atoms with van der Waals surface area (Å²) < 4.78 is 0. The Morgan fingerprint density at radius 1 is 1.40 bits per heavy atom. The second-order valence-electron chi connectivity index (χ2n) is 5.81. The highest BCUT2D eigenvalue weighted by Crippen LogP contribution is 2.31. The molecule has 2 aliphatic carbocycles. The van der Waals surface area contributed by atoms with E-state index in [0.29, 0.717) is 6.54 Å². The number of amides is 1. The van der Waals surface area contributed by atoms with Gasteiger partial charge in [0.05, 0.1) is 12.5 Å². The van der Waals surface area contributed by atoms with Gasteiger partial charge in [-0.3, -0.25) is 9.59 Å². The first kappa shape index (κ1) is 15.0. The zero-order chi connectivity index (χ0) is 14.5. The minimum Gasteiger partial charge on any atom is -0.481 e. The summed E-state index contributed by atoms with van der Waals surface area (Å²) in [4.78, 5) is 24.8. The molecule has 0 aromatic carbocycles. The third kappa shape index (κ3) is 3.60. The molecule has 0 aromatic heterocycles. The minimum absolute atomic E-state index is 0.0584. The van der Waals surface area contributed by atoms with Crippen LogP contribution in [0.1, 0.15) is 38.5 Å². The van der Waals surface area contributed by atoms with E-state index in [9.17, 15) is 9.59 Å². The van der Waals surface area contributed by atoms with Gasteiger partial charge >= 0.3 is 5.97 Å². The molecule has 20 heavy (non-hydrogen) atoms. The SMILES string of the molecule is CN(C(=O)CNCC1CCCC1C(=O)O)C1=CCCC1. The van der Waals surface area contributed by atoms with E-state index >= 15 is 0 Å². The summed E-state index contributed by atoms with van der Waals surface area (Å²) in [5.74, 6) is -0.721. The zero-order valence-electron chi connectivity index (χ0n) is 12.1. The molecule has 0 bridgehead atoms. The van der Waals surface area contributed by atoms with Crippen molar-refractivity contribution in [2.75, 3.05) is 20.1 Å². The Bertz CT molecular complexity index is 406. The van der Waals surface area contributed by atoms with Crippen LogP contribution in [-0.4, -0.2) is 42.0 Å². The van der Waals surface area contributed by atoms with Crippen LogP contribution < -0.4 is 5.32 Å². The van der Waals surface area contributed by atoms with E-state index in [0.717, 1.165) is 44.2 Å². The van der Waals surface area contributed by atoms with Crippen molar-refractivity contribution in [3.63, 3.8) is 0 Å². The molecule has 0 aliphatic heterocycles. The van der Waals surface area contributed by atoms with Gasteiger partial charge in [0.1, 0.15) is 0 Å². The van der Waals surface area contributed by atoms with Crippen LogP contribution in [0.15, 0.2) is 11.8 Å². The highest BCUT2D eigenvalue weighted by molar-refractivity contribution is 5.79. The van der Waals surface area contributed by atoms with E-state index in [1.807, 2.05) is 7.05 Å². The number of hydrogen-bond acceptors (Lipinski definition) is 3. The van der Waals surface area contributed by atoms with E-state index in [1.165, 1.54) is 0 Å². The number of carbonyl (C=O) groups is 2. The number of carbonyl (C=O) groups excluding carboxylic acids is 1. The van der Waals surface area contributed by atoms with Crippen molar-refractivity contribution < 1.29 is 14.7 Å². The van der Waals surface area contributed by atoms with Crippen molar-refractivity contribution >= 4 is 11.9 Å². The van der Waals surface area contributed by atoms with E-state index in [1.54, 1.807) is 4.90 Å². The van der Waals surface area contributed by atoms with Crippen molar-refractivity contribution in [1.29, 1.82) is 0 Å². The number of carboxylic acids is 1. The van der Waals surface area contributed by atoms with Gasteiger partial charge in [-0.05, 0) is 44.6 Å². The summed E-state index contributed by atoms with van der Waals surface area (Å²) >= 11 is 0. The lowest BCUT2D eigenvalue weighted by Gasteiger charge is -2.20. The Labute approximate surface area is 120 Å². The van der Waals surface area contributed by atoms with Gasteiger partial charge in [-0.2, -0.15) is 0 Å². The quantitative estimate of drug-likeness (QED) is 0.775. The van der Waals surface area contributed by atoms with E-state index in [4.69, 9.17) is 5.11 Å². The fourth-order valence-corrected chi connectivity index (χ4v) is 3.21. The molecule has 112 valence electrons. The number of hydrogen-bond donors (Lipinski definition) is 2. The molecule has 1 amide bonds. The number of rotatable bonds is 6. The number of carboxylic acid groups (broad SMARTS) is 1. The molecule has 2 atom stereocenters. The normalized spacial score (nSPS) is 25.6. The molecule has 2 unspecified atom stereocenters. The van der Waals surface area contributed by atoms with Gasteiger partial charge in [-0.25, -0.2) is 0 Å². The third-order valence-electron chi connectivity index (χ3n) is 4.48. The molecule has 5 heteroatoms. The predicted octanol–water partition coefficient (Wildman–Crippen LogP) is 1.60. The Kier molecular flexibility index (Phi) is 5.17. The maximum absolute atomic E-state index is 12.0. The second kappa shape index (κ2) is 6.88. The van der Waals surface area contributed by atoms with E-state index < -0.39 is 5.97 Å². The van der Waals surface area contributed by atoms with E-state index in [2.05, 4.69) is 11.4 Å². The number of likely N-dealkylation sites (N-methyl/N-ethyl adjacent to an activating group) is 1. The summed E-state index contributed by atoms with van der Waals surface area (Å²) in [5, 5.41) is 12.2. The van der Waals surface area contributed by atoms with Crippen molar-refractivity contribution in [1.82, 2.24) is 10.2 Å². The summed E-state index contributed by atoms with van der Waals surface area (Å²) in [7, 11) is 1.82. The number of nitrogens with one attached hydrogen (secondary N) is 1. The van der Waals surface area contributed by atoms with Crippen LogP contribution in [-0.2, 0) is 9.59 Å². The molecule has 0 saturated heterocycles. The molecular formula is C15H24N2O3. The van der Waals surface area contributed by atoms with Crippen LogP contribution >= 0.6 is 0 Å². The first-order valence-electron chi connectivity index (χ1n) is 7.48. The fraction of sp³-hybridized carbons (Fsp3) is 0.733. The second-order valence-corrected chi connectivity index (χ2v) is 5.81. The lowest BCUT2D eigenvalue weighted by Crippen LogP contribution is -2.37. The van der Waals surface area contributed by atoms with E-state index in [-0.39, 0.29) is 24.3 Å². The van der Waals surface area contributed by atoms with Crippen LogP contribution in [0.4, 0.5) is 0 Å². The molecule has 5 nitrogen and oxygen atoms in total. The smallest absolute Gasteiger partial charge is 0.306 e. The summed E-state index contributed by atoms with van der Waals surface area (Å²) in [6.45, 7) is 0.909. The van der Waals surface area contributed by atoms with Gasteiger partial charge < -0.3 is 15.3 Å². The number of nitrogens with zero attached hydrogens (tertiary/aromatic N) is 1. The first-order valence-corrected chi connectivity index (χ1v) is 7.48. The largest absolute Gasteiger partial charge is 0.481 e. The molecule has 1 saturated carbocycles. The van der Waals surface area contributed by atoms with Crippen LogP contribution in [0.3, 0.4) is 0 Å². The molecule has 2 aliphatic rings. The number of aliphatic carboxylic acids is 1. The van der Waals surface area contributed by atoms with Crippen LogP contribution in [0.2, 0.25) is 0 Å². The molecule has 2 rings (SSSR count). The lowest BCUT2D eigenvalue weighted by atomic mass is 9.96. The average Bonchev–Trinajstić information content (AvgIpc) is 3.08. The Morgan fingerprint density at radius 2 is 2.20 bits per heavy atom. The highest BCUT2D eigenvalue weighted by Gasteiger charge is 2.32. The van der Waals surface area contributed by atoms with Gasteiger partial charge in [0, 0.05) is 12.7 Å². The van der Waals surface area contributed by atoms with Crippen molar-refractivity contribution in [2.24, 2.45) is 11.8 Å². The maximum atomic E-state index is 12.0. The Balaban J connectivity index is 1.72. The molecule has 0 spiro atoms. The predicted molar refractivity (Wildman–Crippen MR) is 76.0 cm³/mol. The van der Waals surface area contributed by atoms with Gasteiger partial charge in [0.25, 0.3) is 0 Å². The molecular weight excluding hydrogens is 256 g/mol.